The summed E-state index contributed by atoms with van der Waals surface area (Å²) in [6.07, 6.45) is -0.725. The normalized spacial score (nSPS) is 13.7. The van der Waals surface area contributed by atoms with Gasteiger partial charge in [0.2, 0.25) is 0 Å². The van der Waals surface area contributed by atoms with E-state index in [-0.39, 0.29) is 11.8 Å². The van der Waals surface area contributed by atoms with E-state index in [2.05, 4.69) is 15.5 Å². The van der Waals surface area contributed by atoms with Crippen LogP contribution in [0.15, 0.2) is 48.5 Å². The van der Waals surface area contributed by atoms with E-state index >= 15 is 0 Å². The summed E-state index contributed by atoms with van der Waals surface area (Å²) >= 11 is 0. The molecular formula is C18H19N3O2. The first-order valence-electron chi connectivity index (χ1n) is 7.52. The van der Waals surface area contributed by atoms with Crippen LogP contribution < -0.4 is 5.32 Å². The first-order valence-corrected chi connectivity index (χ1v) is 7.52. The summed E-state index contributed by atoms with van der Waals surface area (Å²) in [7, 11) is 0. The highest BCUT2D eigenvalue weighted by atomic mass is 16.3. The summed E-state index contributed by atoms with van der Waals surface area (Å²) in [5.41, 5.74) is 1.60. The van der Waals surface area contributed by atoms with Gasteiger partial charge in [-0.25, -0.2) is 0 Å². The Morgan fingerprint density at radius 2 is 1.61 bits per heavy atom. The molecule has 2 aromatic carbocycles. The molecule has 23 heavy (non-hydrogen) atoms. The number of aromatic hydroxyl groups is 1. The van der Waals surface area contributed by atoms with Crippen LogP contribution in [0.1, 0.15) is 24.3 Å². The summed E-state index contributed by atoms with van der Waals surface area (Å²) in [4.78, 5) is 0. The van der Waals surface area contributed by atoms with E-state index < -0.39 is 6.10 Å². The first-order chi connectivity index (χ1) is 11.1. The van der Waals surface area contributed by atoms with Crippen molar-refractivity contribution in [3.63, 3.8) is 0 Å². The number of aryl methyl sites for hydroxylation is 1. The Kier molecular flexibility index (Phi) is 4.12. The first kappa shape index (κ1) is 15.2. The van der Waals surface area contributed by atoms with Crippen LogP contribution in [-0.4, -0.2) is 26.5 Å². The van der Waals surface area contributed by atoms with Gasteiger partial charge in [0, 0.05) is 10.8 Å². The van der Waals surface area contributed by atoms with Gasteiger partial charge in [0.1, 0.15) is 5.75 Å². The topological polar surface area (TPSA) is 78.3 Å². The van der Waals surface area contributed by atoms with Crippen LogP contribution in [0.4, 0.5) is 5.82 Å². The molecule has 3 rings (SSSR count). The predicted octanol–water partition coefficient (Wildman–Crippen LogP) is 3.18. The van der Waals surface area contributed by atoms with E-state index in [0.717, 1.165) is 22.0 Å². The molecular weight excluding hydrogens is 290 g/mol. The van der Waals surface area contributed by atoms with Crippen molar-refractivity contribution in [1.29, 1.82) is 0 Å². The number of aliphatic hydroxyl groups excluding tert-OH is 1. The second kappa shape index (κ2) is 6.22. The third kappa shape index (κ3) is 3.10. The fourth-order valence-corrected chi connectivity index (χ4v) is 2.60. The van der Waals surface area contributed by atoms with Crippen molar-refractivity contribution in [1.82, 2.24) is 10.2 Å². The van der Waals surface area contributed by atoms with E-state index in [9.17, 15) is 10.2 Å². The Bertz CT molecular complexity index is 818. The zero-order valence-corrected chi connectivity index (χ0v) is 13.1. The van der Waals surface area contributed by atoms with Crippen molar-refractivity contribution in [3.8, 4) is 5.75 Å². The van der Waals surface area contributed by atoms with E-state index in [4.69, 9.17) is 0 Å². The summed E-state index contributed by atoms with van der Waals surface area (Å²) in [6, 6.07) is 14.2. The van der Waals surface area contributed by atoms with Crippen molar-refractivity contribution in [3.05, 3.63) is 59.8 Å². The lowest BCUT2D eigenvalue weighted by Gasteiger charge is -2.22. The number of phenolic OH excluding ortho intramolecular Hbond substituents is 1. The lowest BCUT2D eigenvalue weighted by Crippen LogP contribution is -2.25. The largest absolute Gasteiger partial charge is 0.508 e. The van der Waals surface area contributed by atoms with Gasteiger partial charge < -0.3 is 15.5 Å². The number of anilines is 1. The maximum absolute atomic E-state index is 10.5. The Morgan fingerprint density at radius 1 is 0.957 bits per heavy atom. The Hall–Kier alpha value is -2.66. The molecule has 2 atom stereocenters. The van der Waals surface area contributed by atoms with Gasteiger partial charge in [-0.1, -0.05) is 36.4 Å². The number of hydrogen-bond donors (Lipinski definition) is 3. The number of aromatic nitrogens is 2. The molecule has 3 aromatic rings. The zero-order valence-electron chi connectivity index (χ0n) is 13.1. The van der Waals surface area contributed by atoms with Crippen molar-refractivity contribution in [2.45, 2.75) is 26.0 Å². The van der Waals surface area contributed by atoms with E-state index in [1.807, 2.05) is 38.1 Å². The molecule has 5 nitrogen and oxygen atoms in total. The number of aliphatic hydroxyl groups is 1. The molecule has 1 aromatic heterocycles. The van der Waals surface area contributed by atoms with Crippen LogP contribution in [0.25, 0.3) is 10.8 Å². The third-order valence-corrected chi connectivity index (χ3v) is 3.94. The highest BCUT2D eigenvalue weighted by molar-refractivity contribution is 5.92. The van der Waals surface area contributed by atoms with Gasteiger partial charge in [0.25, 0.3) is 0 Å². The van der Waals surface area contributed by atoms with Gasteiger partial charge in [-0.05, 0) is 31.5 Å². The SMILES string of the molecule is Cc1nnc(NC(C)C(O)c2ccc(O)cc2)c2ccccc12. The summed E-state index contributed by atoms with van der Waals surface area (Å²) < 4.78 is 0. The number of fused-ring (bicyclic) bond motifs is 1. The molecule has 0 saturated carbocycles. The molecule has 0 amide bonds. The molecule has 0 aliphatic rings. The lowest BCUT2D eigenvalue weighted by atomic mass is 10.0. The number of rotatable bonds is 4. The predicted molar refractivity (Wildman–Crippen MR) is 90.4 cm³/mol. The van der Waals surface area contributed by atoms with Gasteiger partial charge in [0.05, 0.1) is 17.8 Å². The molecule has 3 N–H and O–H groups in total. The number of phenols is 1. The van der Waals surface area contributed by atoms with Crippen molar-refractivity contribution >= 4 is 16.6 Å². The highest BCUT2D eigenvalue weighted by Crippen LogP contribution is 2.26. The Balaban J connectivity index is 1.87. The molecule has 0 spiro atoms. The highest BCUT2D eigenvalue weighted by Gasteiger charge is 2.18. The van der Waals surface area contributed by atoms with Crippen LogP contribution in [0, 0.1) is 6.92 Å². The number of nitrogens with zero attached hydrogens (tertiary/aromatic N) is 2. The van der Waals surface area contributed by atoms with Gasteiger partial charge in [-0.2, -0.15) is 5.10 Å². The average molecular weight is 309 g/mol. The second-order valence-electron chi connectivity index (χ2n) is 5.65. The smallest absolute Gasteiger partial charge is 0.156 e. The van der Waals surface area contributed by atoms with Gasteiger partial charge in [-0.15, -0.1) is 5.10 Å². The Labute approximate surface area is 134 Å². The van der Waals surface area contributed by atoms with Crippen molar-refractivity contribution in [2.24, 2.45) is 0 Å². The standard InChI is InChI=1S/C18H19N3O2/c1-11-15-5-3-4-6-16(15)18(21-20-11)19-12(2)17(23)13-7-9-14(22)10-8-13/h3-10,12,17,22-23H,1-2H3,(H,19,21). The molecule has 0 bridgehead atoms. The minimum atomic E-state index is -0.725. The molecule has 0 aliphatic heterocycles. The molecule has 0 fully saturated rings. The molecule has 5 heteroatoms. The summed E-state index contributed by atoms with van der Waals surface area (Å²) in [5, 5.41) is 33.5. The fraction of sp³-hybridized carbons (Fsp3) is 0.222. The molecule has 1 heterocycles. The van der Waals surface area contributed by atoms with E-state index in [0.29, 0.717) is 5.82 Å². The fourth-order valence-electron chi connectivity index (χ4n) is 2.60. The molecule has 118 valence electrons. The summed E-state index contributed by atoms with van der Waals surface area (Å²) in [6.45, 7) is 3.81. The van der Waals surface area contributed by atoms with Crippen LogP contribution >= 0.6 is 0 Å². The Morgan fingerprint density at radius 3 is 2.30 bits per heavy atom. The van der Waals surface area contributed by atoms with Crippen molar-refractivity contribution in [2.75, 3.05) is 5.32 Å². The third-order valence-electron chi connectivity index (χ3n) is 3.94. The molecule has 0 radical (unpaired) electrons. The zero-order chi connectivity index (χ0) is 16.4. The second-order valence-corrected chi connectivity index (χ2v) is 5.65. The number of benzene rings is 2. The van der Waals surface area contributed by atoms with Crippen LogP contribution in [0.3, 0.4) is 0 Å². The summed E-state index contributed by atoms with van der Waals surface area (Å²) in [5.74, 6) is 0.827. The lowest BCUT2D eigenvalue weighted by molar-refractivity contribution is 0.160. The van der Waals surface area contributed by atoms with Crippen LogP contribution in [0.2, 0.25) is 0 Å². The quantitative estimate of drug-likeness (QED) is 0.690. The van der Waals surface area contributed by atoms with Gasteiger partial charge >= 0.3 is 0 Å². The molecule has 2 unspecified atom stereocenters. The van der Waals surface area contributed by atoms with Gasteiger partial charge in [0.15, 0.2) is 5.82 Å². The van der Waals surface area contributed by atoms with Crippen LogP contribution in [0.5, 0.6) is 5.75 Å². The minimum absolute atomic E-state index is 0.178. The average Bonchev–Trinajstić information content (AvgIpc) is 2.57. The minimum Gasteiger partial charge on any atom is -0.508 e. The van der Waals surface area contributed by atoms with E-state index in [1.165, 1.54) is 0 Å². The molecule has 0 saturated heterocycles. The monoisotopic (exact) mass is 309 g/mol. The van der Waals surface area contributed by atoms with Gasteiger partial charge in [-0.3, -0.25) is 0 Å². The van der Waals surface area contributed by atoms with Crippen LogP contribution in [-0.2, 0) is 0 Å². The number of hydrogen-bond acceptors (Lipinski definition) is 5. The van der Waals surface area contributed by atoms with E-state index in [1.54, 1.807) is 24.3 Å². The van der Waals surface area contributed by atoms with Crippen molar-refractivity contribution < 1.29 is 10.2 Å². The number of nitrogens with one attached hydrogen (secondary N) is 1. The maximum atomic E-state index is 10.5. The maximum Gasteiger partial charge on any atom is 0.156 e. The molecule has 0 aliphatic carbocycles.